The molecule has 1 N–H and O–H groups in total. The quantitative estimate of drug-likeness (QED) is 0.889. The van der Waals surface area contributed by atoms with Gasteiger partial charge in [0.05, 0.1) is 6.04 Å². The van der Waals surface area contributed by atoms with Crippen LogP contribution in [0.1, 0.15) is 24.4 Å². The first-order chi connectivity index (χ1) is 10.9. The Morgan fingerprint density at radius 2 is 2.09 bits per heavy atom. The van der Waals surface area contributed by atoms with Crippen molar-refractivity contribution in [2.75, 3.05) is 27.7 Å². The molecule has 1 atom stereocenters. The first-order valence-corrected chi connectivity index (χ1v) is 7.81. The van der Waals surface area contributed by atoms with E-state index >= 15 is 0 Å². The lowest BCUT2D eigenvalue weighted by Crippen LogP contribution is -2.41. The van der Waals surface area contributed by atoms with Crippen LogP contribution in [0.25, 0.3) is 0 Å². The van der Waals surface area contributed by atoms with Gasteiger partial charge in [-0.1, -0.05) is 29.8 Å². The minimum atomic E-state index is -0.247. The van der Waals surface area contributed by atoms with Crippen molar-refractivity contribution in [3.05, 3.63) is 34.9 Å². The van der Waals surface area contributed by atoms with Crippen LogP contribution in [0.5, 0.6) is 0 Å². The van der Waals surface area contributed by atoms with Crippen LogP contribution in [0.2, 0.25) is 5.02 Å². The number of hydrogen-bond donors (Lipinski definition) is 1. The van der Waals surface area contributed by atoms with Crippen LogP contribution in [0, 0.1) is 0 Å². The molecule has 0 bridgehead atoms. The molecule has 0 unspecified atom stereocenters. The Hall–Kier alpha value is -1.92. The summed E-state index contributed by atoms with van der Waals surface area (Å²) in [4.78, 5) is 25.7. The molecule has 23 heavy (non-hydrogen) atoms. The molecule has 7 heteroatoms. The zero-order valence-electron chi connectivity index (χ0n) is 13.5. The van der Waals surface area contributed by atoms with E-state index in [0.717, 1.165) is 5.56 Å². The highest BCUT2D eigenvalue weighted by molar-refractivity contribution is 6.39. The Morgan fingerprint density at radius 1 is 1.39 bits per heavy atom. The van der Waals surface area contributed by atoms with Gasteiger partial charge in [0.25, 0.3) is 5.91 Å². The first kappa shape index (κ1) is 17.4. The summed E-state index contributed by atoms with van der Waals surface area (Å²) in [7, 11) is 5.43. The summed E-state index contributed by atoms with van der Waals surface area (Å²) in [6.45, 7) is 0.409. The van der Waals surface area contributed by atoms with Gasteiger partial charge in [-0.3, -0.25) is 9.59 Å². The van der Waals surface area contributed by atoms with Crippen LogP contribution >= 0.6 is 11.6 Å². The van der Waals surface area contributed by atoms with Gasteiger partial charge in [-0.2, -0.15) is 5.10 Å². The molecule has 0 saturated carbocycles. The fourth-order valence-electron chi connectivity index (χ4n) is 2.44. The molecular weight excluding hydrogens is 316 g/mol. The number of carbonyl (C=O) groups is 2. The Kier molecular flexibility index (Phi) is 5.74. The van der Waals surface area contributed by atoms with Crippen LogP contribution in [-0.4, -0.2) is 55.1 Å². The van der Waals surface area contributed by atoms with E-state index < -0.39 is 0 Å². The van der Waals surface area contributed by atoms with E-state index in [-0.39, 0.29) is 17.9 Å². The maximum Gasteiger partial charge on any atom is 0.267 e. The molecule has 0 aromatic heterocycles. The lowest BCUT2D eigenvalue weighted by molar-refractivity contribution is -0.130. The van der Waals surface area contributed by atoms with E-state index in [2.05, 4.69) is 10.4 Å². The summed E-state index contributed by atoms with van der Waals surface area (Å²) < 4.78 is 0. The summed E-state index contributed by atoms with van der Waals surface area (Å²) in [6.07, 6.45) is 0.679. The van der Waals surface area contributed by atoms with Gasteiger partial charge < -0.3 is 10.2 Å². The second-order valence-corrected chi connectivity index (χ2v) is 6.08. The number of nitrogens with zero attached hydrogens (tertiary/aromatic N) is 3. The molecule has 1 aromatic rings. The zero-order chi connectivity index (χ0) is 17.0. The van der Waals surface area contributed by atoms with Crippen LogP contribution < -0.4 is 5.32 Å². The van der Waals surface area contributed by atoms with Crippen molar-refractivity contribution in [2.45, 2.75) is 18.9 Å². The maximum absolute atomic E-state index is 12.3. The van der Waals surface area contributed by atoms with Gasteiger partial charge in [0.1, 0.15) is 5.71 Å². The molecule has 0 aliphatic carbocycles. The number of halogens is 1. The van der Waals surface area contributed by atoms with Crippen LogP contribution in [0.3, 0.4) is 0 Å². The average Bonchev–Trinajstić information content (AvgIpc) is 2.51. The van der Waals surface area contributed by atoms with Crippen molar-refractivity contribution in [1.82, 2.24) is 15.2 Å². The Bertz CT molecular complexity index is 630. The fourth-order valence-corrected chi connectivity index (χ4v) is 2.70. The van der Waals surface area contributed by atoms with Gasteiger partial charge in [-0.05, 0) is 25.7 Å². The normalized spacial score (nSPS) is 16.3. The third-order valence-corrected chi connectivity index (χ3v) is 4.16. The fraction of sp³-hybridized carbons (Fsp3) is 0.438. The SMILES string of the molecule is CN1N=C(C(=O)NC[C@H](c2ccccc2Cl)N(C)C)CCC1=O. The summed E-state index contributed by atoms with van der Waals surface area (Å²) in [5.74, 6) is -0.327. The van der Waals surface area contributed by atoms with Gasteiger partial charge >= 0.3 is 0 Å². The predicted octanol–water partition coefficient (Wildman–Crippen LogP) is 1.67. The second kappa shape index (κ2) is 7.57. The summed E-state index contributed by atoms with van der Waals surface area (Å²) in [5, 5.41) is 8.80. The van der Waals surface area contributed by atoms with Crippen molar-refractivity contribution < 1.29 is 9.59 Å². The van der Waals surface area contributed by atoms with E-state index in [1.807, 2.05) is 43.3 Å². The van der Waals surface area contributed by atoms with Gasteiger partial charge in [0, 0.05) is 31.5 Å². The van der Waals surface area contributed by atoms with E-state index in [9.17, 15) is 9.59 Å². The third kappa shape index (κ3) is 4.30. The molecule has 1 heterocycles. The highest BCUT2D eigenvalue weighted by Crippen LogP contribution is 2.25. The molecule has 0 spiro atoms. The van der Waals surface area contributed by atoms with E-state index in [0.29, 0.717) is 30.1 Å². The third-order valence-electron chi connectivity index (χ3n) is 3.81. The molecule has 6 nitrogen and oxygen atoms in total. The van der Waals surface area contributed by atoms with Gasteiger partial charge in [-0.25, -0.2) is 5.01 Å². The van der Waals surface area contributed by atoms with Crippen LogP contribution in [0.15, 0.2) is 29.4 Å². The number of benzene rings is 1. The number of hydrazone groups is 1. The van der Waals surface area contributed by atoms with Crippen LogP contribution in [0.4, 0.5) is 0 Å². The largest absolute Gasteiger partial charge is 0.349 e. The number of rotatable bonds is 5. The molecule has 1 aromatic carbocycles. The number of amides is 2. The van der Waals surface area contributed by atoms with Crippen molar-refractivity contribution in [1.29, 1.82) is 0 Å². The molecule has 2 amide bonds. The average molecular weight is 337 g/mol. The standard InChI is InChI=1S/C16H21ClN4O2/c1-20(2)14(11-6-4-5-7-12(11)17)10-18-16(23)13-8-9-15(22)21(3)19-13/h4-7,14H,8-10H2,1-3H3,(H,18,23)/t14-/m1/s1. The highest BCUT2D eigenvalue weighted by atomic mass is 35.5. The molecule has 1 aliphatic rings. The molecule has 124 valence electrons. The van der Waals surface area contributed by atoms with Crippen molar-refractivity contribution in [3.63, 3.8) is 0 Å². The van der Waals surface area contributed by atoms with Gasteiger partial charge in [0.2, 0.25) is 5.91 Å². The smallest absolute Gasteiger partial charge is 0.267 e. The van der Waals surface area contributed by atoms with Gasteiger partial charge in [-0.15, -0.1) is 0 Å². The lowest BCUT2D eigenvalue weighted by atomic mass is 10.1. The monoisotopic (exact) mass is 336 g/mol. The molecule has 0 radical (unpaired) electrons. The highest BCUT2D eigenvalue weighted by Gasteiger charge is 2.23. The van der Waals surface area contributed by atoms with Crippen molar-refractivity contribution in [2.24, 2.45) is 5.10 Å². The van der Waals surface area contributed by atoms with Gasteiger partial charge in [0.15, 0.2) is 0 Å². The second-order valence-electron chi connectivity index (χ2n) is 5.67. The zero-order valence-corrected chi connectivity index (χ0v) is 14.3. The Morgan fingerprint density at radius 3 is 2.70 bits per heavy atom. The molecule has 0 saturated heterocycles. The number of carbonyl (C=O) groups excluding carboxylic acids is 2. The topological polar surface area (TPSA) is 65.0 Å². The minimum absolute atomic E-state index is 0.0452. The Labute approximate surface area is 141 Å². The lowest BCUT2D eigenvalue weighted by Gasteiger charge is -2.26. The molecule has 2 rings (SSSR count). The summed E-state index contributed by atoms with van der Waals surface area (Å²) in [6, 6.07) is 7.53. The summed E-state index contributed by atoms with van der Waals surface area (Å²) in [5.41, 5.74) is 1.33. The molecule has 0 fully saturated rings. The van der Waals surface area contributed by atoms with Crippen molar-refractivity contribution >= 4 is 29.1 Å². The molecular formula is C16H21ClN4O2. The number of nitrogens with one attached hydrogen (secondary N) is 1. The van der Waals surface area contributed by atoms with E-state index in [1.54, 1.807) is 7.05 Å². The minimum Gasteiger partial charge on any atom is -0.349 e. The first-order valence-electron chi connectivity index (χ1n) is 7.43. The molecule has 1 aliphatic heterocycles. The number of likely N-dealkylation sites (N-methyl/N-ethyl adjacent to an activating group) is 1. The van der Waals surface area contributed by atoms with E-state index in [1.165, 1.54) is 5.01 Å². The Balaban J connectivity index is 2.05. The van der Waals surface area contributed by atoms with Crippen LogP contribution in [-0.2, 0) is 9.59 Å². The number of hydrogen-bond acceptors (Lipinski definition) is 4. The summed E-state index contributed by atoms with van der Waals surface area (Å²) >= 11 is 6.25. The maximum atomic E-state index is 12.3. The predicted molar refractivity (Wildman–Crippen MR) is 90.3 cm³/mol. The van der Waals surface area contributed by atoms with E-state index in [4.69, 9.17) is 11.6 Å². The van der Waals surface area contributed by atoms with Crippen molar-refractivity contribution in [3.8, 4) is 0 Å².